The van der Waals surface area contributed by atoms with Crippen molar-refractivity contribution in [2.24, 2.45) is 5.92 Å². The van der Waals surface area contributed by atoms with Gasteiger partial charge in [-0.1, -0.05) is 42.5 Å². The number of halogens is 1. The summed E-state index contributed by atoms with van der Waals surface area (Å²) in [6, 6.07) is 16.4. The summed E-state index contributed by atoms with van der Waals surface area (Å²) in [7, 11) is 0. The molecule has 1 atom stereocenters. The molecule has 0 radical (unpaired) electrons. The average Bonchev–Trinajstić information content (AvgIpc) is 2.78. The highest BCUT2D eigenvalue weighted by atomic mass is 19.1. The molecule has 1 heterocycles. The fourth-order valence-corrected chi connectivity index (χ4v) is 3.79. The Morgan fingerprint density at radius 1 is 1.07 bits per heavy atom. The van der Waals surface area contributed by atoms with Crippen LogP contribution in [-0.4, -0.2) is 36.3 Å². The van der Waals surface area contributed by atoms with E-state index in [0.29, 0.717) is 39.0 Å². The SMILES string of the molecule is O=C1CCN(Cc2cccc(F)c2)CCCC(C(=O)NCc2ccccc2)CCN1. The van der Waals surface area contributed by atoms with E-state index in [2.05, 4.69) is 15.5 Å². The Morgan fingerprint density at radius 3 is 2.67 bits per heavy atom. The Morgan fingerprint density at radius 2 is 1.87 bits per heavy atom. The molecule has 1 fully saturated rings. The molecule has 0 aliphatic carbocycles. The lowest BCUT2D eigenvalue weighted by molar-refractivity contribution is -0.126. The zero-order valence-electron chi connectivity index (χ0n) is 17.3. The molecule has 5 nitrogen and oxygen atoms in total. The second kappa shape index (κ2) is 11.5. The minimum Gasteiger partial charge on any atom is -0.356 e. The van der Waals surface area contributed by atoms with E-state index in [9.17, 15) is 14.0 Å². The molecule has 0 aromatic heterocycles. The van der Waals surface area contributed by atoms with E-state index in [-0.39, 0.29) is 23.5 Å². The van der Waals surface area contributed by atoms with E-state index >= 15 is 0 Å². The molecule has 160 valence electrons. The van der Waals surface area contributed by atoms with Crippen LogP contribution in [0.5, 0.6) is 0 Å². The molecule has 3 rings (SSSR count). The molecule has 0 saturated carbocycles. The number of amides is 2. The number of hydrogen-bond donors (Lipinski definition) is 2. The minimum absolute atomic E-state index is 0.00964. The van der Waals surface area contributed by atoms with Crippen molar-refractivity contribution >= 4 is 11.8 Å². The zero-order chi connectivity index (χ0) is 21.2. The number of carbonyl (C=O) groups is 2. The quantitative estimate of drug-likeness (QED) is 0.794. The standard InChI is InChI=1S/C24H30FN3O2/c25-22-10-4-8-20(16-22)18-28-14-5-9-21(11-13-26-23(29)12-15-28)24(30)27-17-19-6-2-1-3-7-19/h1-4,6-8,10,16,21H,5,9,11-15,17-18H2,(H,26,29)(H,27,30). The largest absolute Gasteiger partial charge is 0.356 e. The number of hydrogen-bond acceptors (Lipinski definition) is 3. The van der Waals surface area contributed by atoms with Crippen molar-refractivity contribution in [3.8, 4) is 0 Å². The molecule has 1 aliphatic rings. The third-order valence-corrected chi connectivity index (χ3v) is 5.47. The Bertz CT molecular complexity index is 828. The van der Waals surface area contributed by atoms with Gasteiger partial charge in [0.1, 0.15) is 5.82 Å². The van der Waals surface area contributed by atoms with Crippen molar-refractivity contribution in [1.82, 2.24) is 15.5 Å². The summed E-state index contributed by atoms with van der Waals surface area (Å²) >= 11 is 0. The maximum Gasteiger partial charge on any atom is 0.223 e. The molecule has 1 aliphatic heterocycles. The maximum absolute atomic E-state index is 13.5. The van der Waals surface area contributed by atoms with E-state index in [4.69, 9.17) is 0 Å². The van der Waals surface area contributed by atoms with Gasteiger partial charge in [0.25, 0.3) is 0 Å². The highest BCUT2D eigenvalue weighted by Gasteiger charge is 2.20. The van der Waals surface area contributed by atoms with Gasteiger partial charge in [-0.3, -0.25) is 14.5 Å². The summed E-state index contributed by atoms with van der Waals surface area (Å²) in [5.74, 6) is -0.366. The van der Waals surface area contributed by atoms with Crippen LogP contribution in [0.25, 0.3) is 0 Å². The van der Waals surface area contributed by atoms with Gasteiger partial charge in [0.2, 0.25) is 11.8 Å². The molecule has 2 aromatic carbocycles. The third kappa shape index (κ3) is 7.26. The summed E-state index contributed by atoms with van der Waals surface area (Å²) in [5.41, 5.74) is 1.96. The molecule has 0 spiro atoms. The fourth-order valence-electron chi connectivity index (χ4n) is 3.79. The van der Waals surface area contributed by atoms with Crippen LogP contribution in [0.1, 0.15) is 36.8 Å². The molecular weight excluding hydrogens is 381 g/mol. The van der Waals surface area contributed by atoms with Crippen LogP contribution in [-0.2, 0) is 22.7 Å². The highest BCUT2D eigenvalue weighted by molar-refractivity contribution is 5.79. The van der Waals surface area contributed by atoms with Crippen LogP contribution in [0.15, 0.2) is 54.6 Å². The zero-order valence-corrected chi connectivity index (χ0v) is 17.3. The fraction of sp³-hybridized carbons (Fsp3) is 0.417. The summed E-state index contributed by atoms with van der Waals surface area (Å²) < 4.78 is 13.5. The van der Waals surface area contributed by atoms with E-state index in [1.54, 1.807) is 6.07 Å². The normalized spacial score (nSPS) is 18.8. The van der Waals surface area contributed by atoms with Crippen molar-refractivity contribution in [1.29, 1.82) is 0 Å². The van der Waals surface area contributed by atoms with E-state index in [1.807, 2.05) is 36.4 Å². The first-order valence-electron chi connectivity index (χ1n) is 10.7. The number of nitrogens with zero attached hydrogens (tertiary/aromatic N) is 1. The first kappa shape index (κ1) is 22.0. The molecule has 6 heteroatoms. The van der Waals surface area contributed by atoms with E-state index in [1.165, 1.54) is 12.1 Å². The van der Waals surface area contributed by atoms with Crippen LogP contribution in [0.3, 0.4) is 0 Å². The predicted octanol–water partition coefficient (Wildman–Crippen LogP) is 3.25. The molecule has 2 amide bonds. The van der Waals surface area contributed by atoms with Crippen LogP contribution in [0.2, 0.25) is 0 Å². The summed E-state index contributed by atoms with van der Waals surface area (Å²) in [6.45, 7) is 3.00. The Hall–Kier alpha value is -2.73. The lowest BCUT2D eigenvalue weighted by Crippen LogP contribution is -2.33. The molecule has 1 saturated heterocycles. The van der Waals surface area contributed by atoms with Crippen molar-refractivity contribution in [2.45, 2.75) is 38.8 Å². The van der Waals surface area contributed by atoms with Crippen molar-refractivity contribution in [2.75, 3.05) is 19.6 Å². The number of benzene rings is 2. The maximum atomic E-state index is 13.5. The first-order valence-corrected chi connectivity index (χ1v) is 10.7. The minimum atomic E-state index is -0.252. The summed E-state index contributed by atoms with van der Waals surface area (Å²) in [4.78, 5) is 27.1. The average molecular weight is 412 g/mol. The van der Waals surface area contributed by atoms with E-state index in [0.717, 1.165) is 30.5 Å². The Kier molecular flexibility index (Phi) is 8.39. The van der Waals surface area contributed by atoms with Gasteiger partial charge in [0.05, 0.1) is 0 Å². The number of nitrogens with one attached hydrogen (secondary N) is 2. The van der Waals surface area contributed by atoms with Gasteiger partial charge < -0.3 is 10.6 Å². The van der Waals surface area contributed by atoms with E-state index < -0.39 is 0 Å². The Labute approximate surface area is 177 Å². The van der Waals surface area contributed by atoms with Crippen LogP contribution >= 0.6 is 0 Å². The van der Waals surface area contributed by atoms with Crippen molar-refractivity contribution in [3.05, 3.63) is 71.5 Å². The smallest absolute Gasteiger partial charge is 0.223 e. The summed E-state index contributed by atoms with van der Waals surface area (Å²) in [5, 5.41) is 5.96. The third-order valence-electron chi connectivity index (χ3n) is 5.47. The molecule has 1 unspecified atom stereocenters. The van der Waals surface area contributed by atoms with Gasteiger partial charge in [0.15, 0.2) is 0 Å². The molecule has 2 aromatic rings. The van der Waals surface area contributed by atoms with Crippen molar-refractivity contribution < 1.29 is 14.0 Å². The summed E-state index contributed by atoms with van der Waals surface area (Å²) in [6.07, 6.45) is 2.65. The number of rotatable bonds is 5. The van der Waals surface area contributed by atoms with Crippen LogP contribution in [0.4, 0.5) is 4.39 Å². The highest BCUT2D eigenvalue weighted by Crippen LogP contribution is 2.15. The van der Waals surface area contributed by atoms with Crippen LogP contribution in [0, 0.1) is 11.7 Å². The Balaban J connectivity index is 1.57. The number of carbonyl (C=O) groups excluding carboxylic acids is 2. The predicted molar refractivity (Wildman–Crippen MR) is 115 cm³/mol. The molecular formula is C24H30FN3O2. The second-order valence-corrected chi connectivity index (χ2v) is 7.84. The van der Waals surface area contributed by atoms with Gasteiger partial charge in [-0.2, -0.15) is 0 Å². The van der Waals surface area contributed by atoms with Gasteiger partial charge >= 0.3 is 0 Å². The van der Waals surface area contributed by atoms with Crippen LogP contribution < -0.4 is 10.6 Å². The van der Waals surface area contributed by atoms with Gasteiger partial charge in [-0.15, -0.1) is 0 Å². The lowest BCUT2D eigenvalue weighted by atomic mass is 9.98. The first-order chi connectivity index (χ1) is 14.6. The molecule has 30 heavy (non-hydrogen) atoms. The van der Waals surface area contributed by atoms with Gasteiger partial charge in [0, 0.05) is 38.5 Å². The molecule has 0 bridgehead atoms. The van der Waals surface area contributed by atoms with Gasteiger partial charge in [-0.05, 0) is 49.1 Å². The topological polar surface area (TPSA) is 61.4 Å². The monoisotopic (exact) mass is 411 g/mol. The second-order valence-electron chi connectivity index (χ2n) is 7.84. The lowest BCUT2D eigenvalue weighted by Gasteiger charge is -2.22. The van der Waals surface area contributed by atoms with Crippen molar-refractivity contribution in [3.63, 3.8) is 0 Å². The van der Waals surface area contributed by atoms with Gasteiger partial charge in [-0.25, -0.2) is 4.39 Å². The molecule has 2 N–H and O–H groups in total.